The van der Waals surface area contributed by atoms with Crippen LogP contribution < -0.4 is 5.32 Å². The summed E-state index contributed by atoms with van der Waals surface area (Å²) in [4.78, 5) is 12.7. The van der Waals surface area contributed by atoms with Gasteiger partial charge in [-0.2, -0.15) is 5.10 Å². The molecule has 21 heavy (non-hydrogen) atoms. The maximum absolute atomic E-state index is 4.41. The molecule has 6 heteroatoms. The van der Waals surface area contributed by atoms with Crippen molar-refractivity contribution in [1.29, 1.82) is 0 Å². The fourth-order valence-corrected chi connectivity index (χ4v) is 2.24. The molecule has 0 radical (unpaired) electrons. The van der Waals surface area contributed by atoms with Gasteiger partial charge in [-0.05, 0) is 18.9 Å². The van der Waals surface area contributed by atoms with Gasteiger partial charge in [0.2, 0.25) is 0 Å². The van der Waals surface area contributed by atoms with Crippen LogP contribution in [0.5, 0.6) is 0 Å². The van der Waals surface area contributed by atoms with Gasteiger partial charge in [-0.15, -0.1) is 0 Å². The van der Waals surface area contributed by atoms with Crippen LogP contribution in [-0.4, -0.2) is 31.3 Å². The third-order valence-corrected chi connectivity index (χ3v) is 3.24. The Morgan fingerprint density at radius 3 is 2.62 bits per heavy atom. The van der Waals surface area contributed by atoms with E-state index in [-0.39, 0.29) is 6.04 Å². The van der Waals surface area contributed by atoms with Crippen molar-refractivity contribution in [2.75, 3.05) is 6.54 Å². The highest BCUT2D eigenvalue weighted by atomic mass is 15.3. The van der Waals surface area contributed by atoms with Gasteiger partial charge < -0.3 is 5.32 Å². The standard InChI is InChI=1S/C15H24N6/c1-4-5-18-14(13-7-16-10-17-8-13)6-15-19-11-20-21(15)9-12(2)3/h7-8,10-12,14,18H,4-6,9H2,1-3H3. The minimum Gasteiger partial charge on any atom is -0.309 e. The average Bonchev–Trinajstić information content (AvgIpc) is 2.90. The monoisotopic (exact) mass is 288 g/mol. The number of hydrogen-bond acceptors (Lipinski definition) is 5. The molecule has 0 spiro atoms. The molecule has 0 aliphatic carbocycles. The zero-order valence-electron chi connectivity index (χ0n) is 13.0. The summed E-state index contributed by atoms with van der Waals surface area (Å²) >= 11 is 0. The molecule has 0 fully saturated rings. The van der Waals surface area contributed by atoms with E-state index in [9.17, 15) is 0 Å². The first-order valence-corrected chi connectivity index (χ1v) is 7.55. The van der Waals surface area contributed by atoms with Gasteiger partial charge in [0.05, 0.1) is 0 Å². The molecule has 2 aromatic heterocycles. The zero-order chi connectivity index (χ0) is 15.1. The maximum Gasteiger partial charge on any atom is 0.138 e. The van der Waals surface area contributed by atoms with Gasteiger partial charge in [0.1, 0.15) is 18.5 Å². The molecule has 114 valence electrons. The lowest BCUT2D eigenvalue weighted by Crippen LogP contribution is -2.26. The Hall–Kier alpha value is -1.82. The smallest absolute Gasteiger partial charge is 0.138 e. The molecule has 0 saturated heterocycles. The van der Waals surface area contributed by atoms with E-state index in [0.717, 1.165) is 37.3 Å². The van der Waals surface area contributed by atoms with Gasteiger partial charge in [0.15, 0.2) is 0 Å². The minimum atomic E-state index is 0.168. The highest BCUT2D eigenvalue weighted by Crippen LogP contribution is 2.16. The van der Waals surface area contributed by atoms with Gasteiger partial charge in [-0.25, -0.2) is 19.6 Å². The van der Waals surface area contributed by atoms with Crippen LogP contribution in [0, 0.1) is 5.92 Å². The van der Waals surface area contributed by atoms with Crippen molar-refractivity contribution >= 4 is 0 Å². The lowest BCUT2D eigenvalue weighted by molar-refractivity contribution is 0.443. The number of nitrogens with zero attached hydrogens (tertiary/aromatic N) is 5. The molecule has 0 saturated carbocycles. The van der Waals surface area contributed by atoms with Crippen molar-refractivity contribution in [1.82, 2.24) is 30.0 Å². The molecular weight excluding hydrogens is 264 g/mol. The van der Waals surface area contributed by atoms with Crippen molar-refractivity contribution in [2.45, 2.75) is 46.2 Å². The summed E-state index contributed by atoms with van der Waals surface area (Å²) in [6, 6.07) is 0.168. The van der Waals surface area contributed by atoms with Crippen molar-refractivity contribution in [3.8, 4) is 0 Å². The topological polar surface area (TPSA) is 68.5 Å². The molecule has 0 amide bonds. The Morgan fingerprint density at radius 1 is 1.19 bits per heavy atom. The molecule has 1 N–H and O–H groups in total. The van der Waals surface area contributed by atoms with Crippen LogP contribution in [0.1, 0.15) is 44.6 Å². The SMILES string of the molecule is CCCNC(Cc1ncnn1CC(C)C)c1cncnc1. The molecule has 0 aromatic carbocycles. The Bertz CT molecular complexity index is 522. The summed E-state index contributed by atoms with van der Waals surface area (Å²) in [6.45, 7) is 8.37. The molecule has 1 atom stereocenters. The Kier molecular flexibility index (Phi) is 5.80. The number of aromatic nitrogens is 5. The largest absolute Gasteiger partial charge is 0.309 e. The highest BCUT2D eigenvalue weighted by Gasteiger charge is 2.16. The second-order valence-electron chi connectivity index (χ2n) is 5.63. The lowest BCUT2D eigenvalue weighted by Gasteiger charge is -2.18. The molecule has 1 unspecified atom stereocenters. The average molecular weight is 288 g/mol. The summed E-state index contributed by atoms with van der Waals surface area (Å²) in [5.41, 5.74) is 1.09. The highest BCUT2D eigenvalue weighted by molar-refractivity contribution is 5.11. The van der Waals surface area contributed by atoms with Gasteiger partial charge in [0, 0.05) is 37.0 Å². The van der Waals surface area contributed by atoms with E-state index in [1.165, 1.54) is 0 Å². The van der Waals surface area contributed by atoms with Crippen LogP contribution in [0.25, 0.3) is 0 Å². The van der Waals surface area contributed by atoms with E-state index in [0.29, 0.717) is 5.92 Å². The normalized spacial score (nSPS) is 12.8. The van der Waals surface area contributed by atoms with E-state index in [2.05, 4.69) is 46.1 Å². The fourth-order valence-electron chi connectivity index (χ4n) is 2.24. The van der Waals surface area contributed by atoms with Crippen LogP contribution in [-0.2, 0) is 13.0 Å². The van der Waals surface area contributed by atoms with Crippen LogP contribution >= 0.6 is 0 Å². The Balaban J connectivity index is 2.13. The summed E-state index contributed by atoms with van der Waals surface area (Å²) in [5.74, 6) is 1.55. The maximum atomic E-state index is 4.41. The molecule has 2 heterocycles. The number of nitrogens with one attached hydrogen (secondary N) is 1. The van der Waals surface area contributed by atoms with Crippen LogP contribution in [0.2, 0.25) is 0 Å². The van der Waals surface area contributed by atoms with Gasteiger partial charge in [-0.3, -0.25) is 0 Å². The van der Waals surface area contributed by atoms with E-state index >= 15 is 0 Å². The molecule has 0 aliphatic heterocycles. The molecule has 0 bridgehead atoms. The number of rotatable bonds is 8. The molecule has 2 aromatic rings. The van der Waals surface area contributed by atoms with Gasteiger partial charge in [0.25, 0.3) is 0 Å². The molecule has 2 rings (SSSR count). The molecular formula is C15H24N6. The number of hydrogen-bond donors (Lipinski definition) is 1. The lowest BCUT2D eigenvalue weighted by atomic mass is 10.1. The van der Waals surface area contributed by atoms with E-state index < -0.39 is 0 Å². The summed E-state index contributed by atoms with van der Waals surface area (Å²) < 4.78 is 2.00. The Labute approximate surface area is 126 Å². The van der Waals surface area contributed by atoms with Crippen molar-refractivity contribution in [3.63, 3.8) is 0 Å². The van der Waals surface area contributed by atoms with E-state index in [1.54, 1.807) is 12.7 Å². The molecule has 6 nitrogen and oxygen atoms in total. The van der Waals surface area contributed by atoms with Crippen molar-refractivity contribution < 1.29 is 0 Å². The van der Waals surface area contributed by atoms with Crippen molar-refractivity contribution in [3.05, 3.63) is 36.4 Å². The quantitative estimate of drug-likeness (QED) is 0.804. The van der Waals surface area contributed by atoms with E-state index in [4.69, 9.17) is 0 Å². The second-order valence-corrected chi connectivity index (χ2v) is 5.63. The zero-order valence-corrected chi connectivity index (χ0v) is 13.0. The summed E-state index contributed by atoms with van der Waals surface area (Å²) in [7, 11) is 0. The third kappa shape index (κ3) is 4.60. The fraction of sp³-hybridized carbons (Fsp3) is 0.600. The predicted molar refractivity (Wildman–Crippen MR) is 81.6 cm³/mol. The Morgan fingerprint density at radius 2 is 1.95 bits per heavy atom. The van der Waals surface area contributed by atoms with Crippen LogP contribution in [0.3, 0.4) is 0 Å². The van der Waals surface area contributed by atoms with Crippen molar-refractivity contribution in [2.24, 2.45) is 5.92 Å². The second kappa shape index (κ2) is 7.83. The predicted octanol–water partition coefficient (Wildman–Crippen LogP) is 2.01. The van der Waals surface area contributed by atoms with Gasteiger partial charge in [-0.1, -0.05) is 20.8 Å². The van der Waals surface area contributed by atoms with Gasteiger partial charge >= 0.3 is 0 Å². The summed E-state index contributed by atoms with van der Waals surface area (Å²) in [6.07, 6.45) is 8.80. The first-order valence-electron chi connectivity index (χ1n) is 7.55. The first kappa shape index (κ1) is 15.6. The summed E-state index contributed by atoms with van der Waals surface area (Å²) in [5, 5.41) is 7.87. The first-order chi connectivity index (χ1) is 10.2. The van der Waals surface area contributed by atoms with Crippen LogP contribution in [0.15, 0.2) is 25.0 Å². The molecule has 0 aliphatic rings. The minimum absolute atomic E-state index is 0.168. The third-order valence-electron chi connectivity index (χ3n) is 3.24. The van der Waals surface area contributed by atoms with E-state index in [1.807, 2.05) is 17.1 Å². The van der Waals surface area contributed by atoms with Crippen LogP contribution in [0.4, 0.5) is 0 Å².